The smallest absolute Gasteiger partial charge is 0.159 e. The molecule has 2 N–H and O–H groups in total. The fraction of sp³-hybridized carbons (Fsp3) is 0.188. The van der Waals surface area contributed by atoms with Crippen molar-refractivity contribution in [2.24, 2.45) is 10.7 Å². The number of amidine groups is 1. The molecule has 2 aliphatic heterocycles. The molecule has 0 aromatic heterocycles. The van der Waals surface area contributed by atoms with Gasteiger partial charge in [-0.25, -0.2) is 4.99 Å². The molecule has 1 spiro atoms. The van der Waals surface area contributed by atoms with E-state index in [4.69, 9.17) is 15.5 Å². The van der Waals surface area contributed by atoms with Crippen LogP contribution < -0.4 is 10.5 Å². The molecular formula is C16H14N2OS. The molecule has 20 heavy (non-hydrogen) atoms. The Morgan fingerprint density at radius 3 is 3.10 bits per heavy atom. The molecule has 0 saturated carbocycles. The number of ether oxygens (including phenoxy) is 1. The summed E-state index contributed by atoms with van der Waals surface area (Å²) in [4.78, 5) is 4.80. The monoisotopic (exact) mass is 282 g/mol. The number of thioether (sulfide) groups is 1. The SMILES string of the molecule is NC1=NC2(C=CS1)C1=C(C=CCC1)Oc1ccccc12. The predicted octanol–water partition coefficient (Wildman–Crippen LogP) is 3.45. The number of hydrogen-bond acceptors (Lipinski definition) is 4. The Bertz CT molecular complexity index is 702. The summed E-state index contributed by atoms with van der Waals surface area (Å²) < 4.78 is 6.04. The lowest BCUT2D eigenvalue weighted by Crippen LogP contribution is -2.34. The minimum atomic E-state index is -0.482. The molecule has 0 amide bonds. The Hall–Kier alpha value is -1.94. The highest BCUT2D eigenvalue weighted by molar-refractivity contribution is 8.16. The van der Waals surface area contributed by atoms with Crippen LogP contribution in [0.4, 0.5) is 0 Å². The zero-order valence-corrected chi connectivity index (χ0v) is 11.7. The lowest BCUT2D eigenvalue weighted by atomic mass is 9.77. The molecule has 1 aliphatic carbocycles. The highest BCUT2D eigenvalue weighted by atomic mass is 32.2. The van der Waals surface area contributed by atoms with E-state index in [0.717, 1.165) is 29.9 Å². The first kappa shape index (κ1) is 11.9. The Morgan fingerprint density at radius 1 is 1.30 bits per heavy atom. The molecule has 3 aliphatic rings. The second kappa shape index (κ2) is 4.28. The third kappa shape index (κ3) is 1.58. The predicted molar refractivity (Wildman–Crippen MR) is 82.5 cm³/mol. The lowest BCUT2D eigenvalue weighted by molar-refractivity contribution is 0.379. The average Bonchev–Trinajstić information content (AvgIpc) is 2.48. The van der Waals surface area contributed by atoms with Gasteiger partial charge >= 0.3 is 0 Å². The van der Waals surface area contributed by atoms with Gasteiger partial charge in [-0.15, -0.1) is 0 Å². The van der Waals surface area contributed by atoms with Crippen LogP contribution in [0.15, 0.2) is 64.2 Å². The summed E-state index contributed by atoms with van der Waals surface area (Å²) in [5, 5.41) is 2.64. The number of nitrogens with two attached hydrogens (primary N) is 1. The number of hydrogen-bond donors (Lipinski definition) is 1. The van der Waals surface area contributed by atoms with Gasteiger partial charge in [0.05, 0.1) is 0 Å². The standard InChI is InChI=1S/C16H14N2OS/c17-15-18-16(9-10-20-15)11-5-1-3-7-13(11)19-14-8-4-2-6-12(14)16/h1,3-5,7-10H,2,6H2,(H2,17,18). The fourth-order valence-electron chi connectivity index (χ4n) is 3.03. The van der Waals surface area contributed by atoms with Gasteiger partial charge in [0, 0.05) is 11.1 Å². The van der Waals surface area contributed by atoms with Crippen LogP contribution in [0.1, 0.15) is 18.4 Å². The van der Waals surface area contributed by atoms with Crippen molar-refractivity contribution in [2.75, 3.05) is 0 Å². The molecule has 0 saturated heterocycles. The number of aliphatic imine (C=N–C) groups is 1. The lowest BCUT2D eigenvalue weighted by Gasteiger charge is -2.39. The number of benzene rings is 1. The van der Waals surface area contributed by atoms with Crippen molar-refractivity contribution >= 4 is 16.9 Å². The quantitative estimate of drug-likeness (QED) is 0.792. The summed E-state index contributed by atoms with van der Waals surface area (Å²) in [5.41, 5.74) is 7.80. The average molecular weight is 282 g/mol. The Balaban J connectivity index is 2.02. The third-order valence-electron chi connectivity index (χ3n) is 3.89. The van der Waals surface area contributed by atoms with Gasteiger partial charge in [0.2, 0.25) is 0 Å². The molecule has 1 unspecified atom stereocenters. The van der Waals surface area contributed by atoms with Crippen LogP contribution >= 0.6 is 11.8 Å². The zero-order valence-electron chi connectivity index (χ0n) is 10.9. The van der Waals surface area contributed by atoms with Crippen molar-refractivity contribution in [2.45, 2.75) is 18.4 Å². The minimum absolute atomic E-state index is 0.482. The Morgan fingerprint density at radius 2 is 2.20 bits per heavy atom. The van der Waals surface area contributed by atoms with Gasteiger partial charge in [-0.1, -0.05) is 36.0 Å². The van der Waals surface area contributed by atoms with Gasteiger partial charge in [0.1, 0.15) is 17.0 Å². The summed E-state index contributed by atoms with van der Waals surface area (Å²) in [5.74, 6) is 1.79. The first-order valence-corrected chi connectivity index (χ1v) is 7.55. The number of nitrogens with zero attached hydrogens (tertiary/aromatic N) is 1. The number of rotatable bonds is 0. The van der Waals surface area contributed by atoms with E-state index in [2.05, 4.69) is 24.3 Å². The zero-order chi connectivity index (χ0) is 13.6. The van der Waals surface area contributed by atoms with Crippen LogP contribution in [0, 0.1) is 0 Å². The second-order valence-corrected chi connectivity index (χ2v) is 5.95. The summed E-state index contributed by atoms with van der Waals surface area (Å²) >= 11 is 1.47. The molecule has 0 fully saturated rings. The first-order chi connectivity index (χ1) is 9.79. The summed E-state index contributed by atoms with van der Waals surface area (Å²) in [6, 6.07) is 8.08. The molecule has 1 aromatic rings. The van der Waals surface area contributed by atoms with Gasteiger partial charge in [0.15, 0.2) is 5.17 Å². The maximum atomic E-state index is 6.04. The van der Waals surface area contributed by atoms with Crippen molar-refractivity contribution < 1.29 is 4.74 Å². The summed E-state index contributed by atoms with van der Waals surface area (Å²) in [6.45, 7) is 0. The first-order valence-electron chi connectivity index (χ1n) is 6.67. The number of allylic oxidation sites excluding steroid dienone is 2. The summed E-state index contributed by atoms with van der Waals surface area (Å²) in [7, 11) is 0. The van der Waals surface area contributed by atoms with E-state index >= 15 is 0 Å². The van der Waals surface area contributed by atoms with Crippen molar-refractivity contribution in [3.8, 4) is 5.75 Å². The van der Waals surface area contributed by atoms with Crippen molar-refractivity contribution in [1.29, 1.82) is 0 Å². The van der Waals surface area contributed by atoms with E-state index in [-0.39, 0.29) is 0 Å². The van der Waals surface area contributed by atoms with Gasteiger partial charge in [-0.3, -0.25) is 0 Å². The molecule has 2 heterocycles. The molecule has 0 bridgehead atoms. The minimum Gasteiger partial charge on any atom is -0.457 e. The van der Waals surface area contributed by atoms with E-state index in [1.54, 1.807) is 0 Å². The molecule has 3 nitrogen and oxygen atoms in total. The van der Waals surface area contributed by atoms with Crippen LogP contribution in [0.3, 0.4) is 0 Å². The highest BCUT2D eigenvalue weighted by Crippen LogP contribution is 2.50. The van der Waals surface area contributed by atoms with Gasteiger partial charge in [-0.05, 0) is 36.5 Å². The summed E-state index contributed by atoms with van der Waals surface area (Å²) in [6.07, 6.45) is 8.31. The third-order valence-corrected chi connectivity index (χ3v) is 4.49. The van der Waals surface area contributed by atoms with Crippen molar-refractivity contribution in [3.63, 3.8) is 0 Å². The molecule has 4 rings (SSSR count). The fourth-order valence-corrected chi connectivity index (χ4v) is 3.63. The number of fused-ring (bicyclic) bond motifs is 3. The molecule has 4 heteroatoms. The van der Waals surface area contributed by atoms with Crippen LogP contribution in [0.5, 0.6) is 5.75 Å². The van der Waals surface area contributed by atoms with Crippen LogP contribution in [-0.2, 0) is 5.54 Å². The Labute approximate surface area is 121 Å². The number of para-hydroxylation sites is 1. The molecular weight excluding hydrogens is 268 g/mol. The molecule has 0 radical (unpaired) electrons. The van der Waals surface area contributed by atoms with Crippen LogP contribution in [0.25, 0.3) is 0 Å². The van der Waals surface area contributed by atoms with Crippen molar-refractivity contribution in [3.05, 3.63) is 64.8 Å². The van der Waals surface area contributed by atoms with E-state index < -0.39 is 5.54 Å². The molecule has 1 aromatic carbocycles. The van der Waals surface area contributed by atoms with Crippen LogP contribution in [-0.4, -0.2) is 5.17 Å². The maximum absolute atomic E-state index is 6.04. The van der Waals surface area contributed by atoms with E-state index in [9.17, 15) is 0 Å². The van der Waals surface area contributed by atoms with Crippen molar-refractivity contribution in [1.82, 2.24) is 0 Å². The maximum Gasteiger partial charge on any atom is 0.159 e. The van der Waals surface area contributed by atoms with E-state index in [1.807, 2.05) is 23.6 Å². The van der Waals surface area contributed by atoms with Crippen LogP contribution in [0.2, 0.25) is 0 Å². The largest absolute Gasteiger partial charge is 0.457 e. The highest BCUT2D eigenvalue weighted by Gasteiger charge is 2.43. The van der Waals surface area contributed by atoms with E-state index in [1.165, 1.54) is 17.3 Å². The second-order valence-electron chi connectivity index (χ2n) is 5.02. The van der Waals surface area contributed by atoms with Gasteiger partial charge in [0.25, 0.3) is 0 Å². The van der Waals surface area contributed by atoms with E-state index in [0.29, 0.717) is 5.17 Å². The van der Waals surface area contributed by atoms with Gasteiger partial charge < -0.3 is 10.5 Å². The van der Waals surface area contributed by atoms with Gasteiger partial charge in [-0.2, -0.15) is 0 Å². The molecule has 100 valence electrons. The normalized spacial score (nSPS) is 26.9. The topological polar surface area (TPSA) is 47.6 Å². The molecule has 1 atom stereocenters. The Kier molecular flexibility index (Phi) is 2.54.